The third kappa shape index (κ3) is 6.10. The summed E-state index contributed by atoms with van der Waals surface area (Å²) < 4.78 is 34.5. The van der Waals surface area contributed by atoms with Gasteiger partial charge in [0.25, 0.3) is 15.9 Å². The van der Waals surface area contributed by atoms with E-state index in [9.17, 15) is 18.0 Å². The van der Waals surface area contributed by atoms with Crippen LogP contribution in [0.4, 0.5) is 11.4 Å². The summed E-state index contributed by atoms with van der Waals surface area (Å²) in [4.78, 5) is 27.3. The second-order valence-corrected chi connectivity index (χ2v) is 12.3. The number of para-hydroxylation sites is 1. The van der Waals surface area contributed by atoms with E-state index in [1.807, 2.05) is 61.5 Å². The van der Waals surface area contributed by atoms with E-state index in [4.69, 9.17) is 27.9 Å². The van der Waals surface area contributed by atoms with Gasteiger partial charge in [0.1, 0.15) is 4.90 Å². The molecule has 7 nitrogen and oxygen atoms in total. The molecule has 1 heterocycles. The van der Waals surface area contributed by atoms with Gasteiger partial charge < -0.3 is 9.64 Å². The Hall–Kier alpha value is -3.85. The van der Waals surface area contributed by atoms with Crippen molar-refractivity contribution in [3.63, 3.8) is 0 Å². The molecule has 1 aliphatic heterocycles. The number of anilines is 2. The monoisotopic (exact) mass is 608 g/mol. The number of carbonyl (C=O) groups is 2. The van der Waals surface area contributed by atoms with Crippen molar-refractivity contribution >= 4 is 56.5 Å². The predicted octanol–water partition coefficient (Wildman–Crippen LogP) is 6.52. The van der Waals surface area contributed by atoms with Crippen LogP contribution in [0.3, 0.4) is 0 Å². The molecule has 1 aliphatic rings. The molecule has 1 amide bonds. The third-order valence-corrected chi connectivity index (χ3v) is 9.33. The SMILES string of the molecule is CC1Cc2ccccc2N1C(=O)COC(=O)c1ccc(Cl)c(S(=O)(=O)N(Cc2ccccc2)c2ccc(Cl)cc2)c1. The molecular weight excluding hydrogens is 583 g/mol. The van der Waals surface area contributed by atoms with E-state index in [2.05, 4.69) is 0 Å². The van der Waals surface area contributed by atoms with E-state index < -0.39 is 22.6 Å². The van der Waals surface area contributed by atoms with Crippen LogP contribution in [0.25, 0.3) is 0 Å². The minimum atomic E-state index is -4.26. The number of ether oxygens (including phenoxy) is 1. The molecule has 4 aromatic rings. The molecular formula is C31H26Cl2N2O5S. The molecule has 1 unspecified atom stereocenters. The number of rotatable bonds is 8. The normalized spacial score (nSPS) is 14.4. The van der Waals surface area contributed by atoms with Gasteiger partial charge in [-0.25, -0.2) is 13.2 Å². The van der Waals surface area contributed by atoms with E-state index in [1.165, 1.54) is 22.5 Å². The Kier molecular flexibility index (Phi) is 8.35. The number of carbonyl (C=O) groups excluding carboxylic acids is 2. The Balaban J connectivity index is 1.39. The fourth-order valence-corrected chi connectivity index (χ4v) is 6.93. The number of hydrogen-bond acceptors (Lipinski definition) is 5. The highest BCUT2D eigenvalue weighted by Crippen LogP contribution is 2.33. The molecule has 0 bridgehead atoms. The average Bonchev–Trinajstić information content (AvgIpc) is 3.31. The summed E-state index contributed by atoms with van der Waals surface area (Å²) >= 11 is 12.4. The van der Waals surface area contributed by atoms with Gasteiger partial charge in [-0.2, -0.15) is 0 Å². The summed E-state index contributed by atoms with van der Waals surface area (Å²) in [5.74, 6) is -1.21. The molecule has 5 rings (SSSR count). The van der Waals surface area contributed by atoms with Gasteiger partial charge in [-0.1, -0.05) is 71.7 Å². The van der Waals surface area contributed by atoms with Crippen LogP contribution in [0.5, 0.6) is 0 Å². The van der Waals surface area contributed by atoms with Crippen molar-refractivity contribution in [1.82, 2.24) is 0 Å². The van der Waals surface area contributed by atoms with Crippen LogP contribution in [0.2, 0.25) is 10.0 Å². The molecule has 0 saturated heterocycles. The van der Waals surface area contributed by atoms with Gasteiger partial charge in [-0.15, -0.1) is 0 Å². The summed E-state index contributed by atoms with van der Waals surface area (Å²) in [5.41, 5.74) is 2.91. The molecule has 0 saturated carbocycles. The second kappa shape index (κ2) is 11.9. The zero-order valence-corrected chi connectivity index (χ0v) is 24.4. The smallest absolute Gasteiger partial charge is 0.338 e. The topological polar surface area (TPSA) is 84.0 Å². The molecule has 0 aliphatic carbocycles. The quantitative estimate of drug-likeness (QED) is 0.212. The fourth-order valence-electron chi connectivity index (χ4n) is 4.84. The highest BCUT2D eigenvalue weighted by atomic mass is 35.5. The maximum atomic E-state index is 14.0. The Bertz CT molecular complexity index is 1700. The first-order chi connectivity index (χ1) is 19.6. The molecule has 1 atom stereocenters. The van der Waals surface area contributed by atoms with Gasteiger partial charge in [0, 0.05) is 16.8 Å². The maximum Gasteiger partial charge on any atom is 0.338 e. The molecule has 0 aromatic heterocycles. The molecule has 0 radical (unpaired) electrons. The standard InChI is InChI=1S/C31H26Cl2N2O5S/c1-21-17-23-9-5-6-10-28(23)35(21)30(36)20-40-31(37)24-11-16-27(33)29(18-24)41(38,39)34(19-22-7-3-2-4-8-22)26-14-12-25(32)13-15-26/h2-16,18,21H,17,19-20H2,1H3. The van der Waals surface area contributed by atoms with Crippen molar-refractivity contribution in [2.24, 2.45) is 0 Å². The van der Waals surface area contributed by atoms with Crippen molar-refractivity contribution in [2.75, 3.05) is 15.8 Å². The van der Waals surface area contributed by atoms with Crippen LogP contribution in [0, 0.1) is 0 Å². The van der Waals surface area contributed by atoms with Crippen LogP contribution in [-0.2, 0) is 32.5 Å². The number of benzene rings is 4. The lowest BCUT2D eigenvalue weighted by molar-refractivity contribution is -0.122. The second-order valence-electron chi connectivity index (χ2n) is 9.64. The zero-order chi connectivity index (χ0) is 29.1. The van der Waals surface area contributed by atoms with Crippen LogP contribution in [0.15, 0.2) is 102 Å². The summed E-state index contributed by atoms with van der Waals surface area (Å²) in [7, 11) is -4.26. The van der Waals surface area contributed by atoms with Crippen molar-refractivity contribution in [3.8, 4) is 0 Å². The van der Waals surface area contributed by atoms with Crippen LogP contribution in [0.1, 0.15) is 28.4 Å². The van der Waals surface area contributed by atoms with Crippen LogP contribution >= 0.6 is 23.2 Å². The first-order valence-corrected chi connectivity index (χ1v) is 15.0. The first kappa shape index (κ1) is 28.7. The minimum absolute atomic E-state index is 0.0137. The Morgan fingerprint density at radius 3 is 2.34 bits per heavy atom. The summed E-state index contributed by atoms with van der Waals surface area (Å²) in [6.45, 7) is 1.45. The van der Waals surface area contributed by atoms with Gasteiger partial charge in [0.05, 0.1) is 22.8 Å². The number of nitrogens with zero attached hydrogens (tertiary/aromatic N) is 2. The highest BCUT2D eigenvalue weighted by molar-refractivity contribution is 7.93. The Labute approximate surface area is 248 Å². The molecule has 0 fully saturated rings. The number of esters is 1. The van der Waals surface area contributed by atoms with Gasteiger partial charge in [0.2, 0.25) is 0 Å². The zero-order valence-electron chi connectivity index (χ0n) is 22.0. The molecule has 4 aromatic carbocycles. The van der Waals surface area contributed by atoms with E-state index in [-0.39, 0.29) is 34.0 Å². The lowest BCUT2D eigenvalue weighted by Crippen LogP contribution is -2.38. The number of halogens is 2. The predicted molar refractivity (Wildman–Crippen MR) is 160 cm³/mol. The molecule has 0 spiro atoms. The van der Waals surface area contributed by atoms with E-state index in [1.54, 1.807) is 29.2 Å². The molecule has 210 valence electrons. The number of amides is 1. The van der Waals surface area contributed by atoms with Gasteiger partial charge in [0.15, 0.2) is 6.61 Å². The average molecular weight is 610 g/mol. The Morgan fingerprint density at radius 2 is 1.61 bits per heavy atom. The number of hydrogen-bond donors (Lipinski definition) is 0. The minimum Gasteiger partial charge on any atom is -0.452 e. The van der Waals surface area contributed by atoms with Crippen molar-refractivity contribution in [1.29, 1.82) is 0 Å². The van der Waals surface area contributed by atoms with E-state index in [0.717, 1.165) is 16.8 Å². The van der Waals surface area contributed by atoms with Crippen LogP contribution < -0.4 is 9.21 Å². The first-order valence-electron chi connectivity index (χ1n) is 12.8. The van der Waals surface area contributed by atoms with Gasteiger partial charge in [-0.3, -0.25) is 9.10 Å². The largest absolute Gasteiger partial charge is 0.452 e. The van der Waals surface area contributed by atoms with Crippen molar-refractivity contribution in [3.05, 3.63) is 124 Å². The molecule has 41 heavy (non-hydrogen) atoms. The molecule has 10 heteroatoms. The van der Waals surface area contributed by atoms with Gasteiger partial charge in [-0.05, 0) is 73.0 Å². The number of fused-ring (bicyclic) bond motifs is 1. The van der Waals surface area contributed by atoms with E-state index >= 15 is 0 Å². The number of sulfonamides is 1. The maximum absolute atomic E-state index is 14.0. The van der Waals surface area contributed by atoms with E-state index in [0.29, 0.717) is 17.1 Å². The summed E-state index contributed by atoms with van der Waals surface area (Å²) in [6.07, 6.45) is 0.710. The third-order valence-electron chi connectivity index (χ3n) is 6.82. The fraction of sp³-hybridized carbons (Fsp3) is 0.161. The molecule has 0 N–H and O–H groups in total. The highest BCUT2D eigenvalue weighted by Gasteiger charge is 2.32. The van der Waals surface area contributed by atoms with Crippen molar-refractivity contribution in [2.45, 2.75) is 30.8 Å². The summed E-state index contributed by atoms with van der Waals surface area (Å²) in [6, 6.07) is 26.8. The van der Waals surface area contributed by atoms with Crippen LogP contribution in [-0.4, -0.2) is 32.9 Å². The van der Waals surface area contributed by atoms with Gasteiger partial charge >= 0.3 is 5.97 Å². The summed E-state index contributed by atoms with van der Waals surface area (Å²) in [5, 5.41) is 0.391. The van der Waals surface area contributed by atoms with Crippen molar-refractivity contribution < 1.29 is 22.7 Å². The lowest BCUT2D eigenvalue weighted by atomic mass is 10.1. The Morgan fingerprint density at radius 1 is 0.927 bits per heavy atom. The lowest BCUT2D eigenvalue weighted by Gasteiger charge is -2.25.